The molecule has 1 aromatic rings. The summed E-state index contributed by atoms with van der Waals surface area (Å²) in [6.45, 7) is 5.69. The van der Waals surface area contributed by atoms with Gasteiger partial charge in [-0.25, -0.2) is 9.59 Å². The van der Waals surface area contributed by atoms with Crippen LogP contribution in [-0.2, 0) is 30.5 Å². The van der Waals surface area contributed by atoms with Crippen molar-refractivity contribution in [2.45, 2.75) is 83.7 Å². The summed E-state index contributed by atoms with van der Waals surface area (Å²) in [5.41, 5.74) is 6.40. The summed E-state index contributed by atoms with van der Waals surface area (Å²) >= 11 is 0. The lowest BCUT2D eigenvalue weighted by atomic mass is 10.0. The number of rotatable bonds is 19. The van der Waals surface area contributed by atoms with Crippen molar-refractivity contribution in [3.05, 3.63) is 42.0 Å². The first-order chi connectivity index (χ1) is 22.4. The van der Waals surface area contributed by atoms with Crippen molar-refractivity contribution < 1.29 is 38.6 Å². The van der Waals surface area contributed by atoms with Gasteiger partial charge in [-0.1, -0.05) is 32.4 Å². The van der Waals surface area contributed by atoms with Gasteiger partial charge in [-0.3, -0.25) is 29.4 Å². The van der Waals surface area contributed by atoms with Crippen LogP contribution in [0.5, 0.6) is 0 Å². The molecule has 7 N–H and O–H groups in total. The van der Waals surface area contributed by atoms with Gasteiger partial charge < -0.3 is 36.4 Å². The molecule has 3 rings (SSSR count). The Kier molecular flexibility index (Phi) is 14.6. The van der Waals surface area contributed by atoms with E-state index in [-0.39, 0.29) is 55.7 Å². The number of unbranched alkanes of at least 4 members (excludes halogenated alkanes) is 2. The third-order valence-corrected chi connectivity index (χ3v) is 7.93. The Bertz CT molecular complexity index is 1260. The van der Waals surface area contributed by atoms with Crippen molar-refractivity contribution in [3.8, 4) is 0 Å². The van der Waals surface area contributed by atoms with E-state index in [2.05, 4.69) is 21.3 Å². The maximum Gasteiger partial charge on any atom is 0.410 e. The molecule has 2 aliphatic rings. The number of urea groups is 1. The highest BCUT2D eigenvalue weighted by molar-refractivity contribution is 6.12. The van der Waals surface area contributed by atoms with Crippen LogP contribution in [0.1, 0.15) is 64.4 Å². The second kappa shape index (κ2) is 18.6. The number of hydrogen-bond acceptors (Lipinski definition) is 9. The molecule has 15 heteroatoms. The summed E-state index contributed by atoms with van der Waals surface area (Å²) in [6, 6.07) is 4.54. The molecule has 1 fully saturated rings. The Morgan fingerprint density at radius 2 is 1.66 bits per heavy atom. The van der Waals surface area contributed by atoms with Crippen molar-refractivity contribution >= 4 is 41.4 Å². The first-order valence-corrected chi connectivity index (χ1v) is 16.1. The summed E-state index contributed by atoms with van der Waals surface area (Å²) in [4.78, 5) is 75.2. The number of nitrogens with one attached hydrogen (secondary N) is 4. The van der Waals surface area contributed by atoms with Crippen LogP contribution >= 0.6 is 0 Å². The van der Waals surface area contributed by atoms with E-state index in [9.17, 15) is 33.9 Å². The minimum absolute atomic E-state index is 0.105. The Balaban J connectivity index is 1.51. The van der Waals surface area contributed by atoms with Gasteiger partial charge in [0.25, 0.3) is 11.8 Å². The molecule has 2 aliphatic heterocycles. The fourth-order valence-corrected chi connectivity index (χ4v) is 5.02. The van der Waals surface area contributed by atoms with Gasteiger partial charge in [-0.2, -0.15) is 0 Å². The first kappa shape index (κ1) is 37.0. The van der Waals surface area contributed by atoms with E-state index >= 15 is 0 Å². The van der Waals surface area contributed by atoms with E-state index in [1.54, 1.807) is 29.2 Å². The molecule has 1 saturated heterocycles. The standard InChI is InChI=1S/C32H47N7O8/c1-21(2)28(37-25(40)9-4-3-5-19-39-26(41)14-15-27(39)42)30(44)36-24(8-6-16-34-31(33)45)29(43)35-23-12-10-22(11-13-23)20-47-32(46)38-17-7-18-38/h10-15,21,24,28,30,36,44H,3-9,16-20H2,1-2H3,(H,35,43)(H,37,40)(H3,33,34,45)/t24-,28-,30?/m0/s1. The van der Waals surface area contributed by atoms with Crippen molar-refractivity contribution in [2.24, 2.45) is 11.7 Å². The zero-order valence-electron chi connectivity index (χ0n) is 27.0. The molecule has 1 unspecified atom stereocenters. The number of nitrogens with two attached hydrogens (primary N) is 1. The minimum atomic E-state index is -1.28. The van der Waals surface area contributed by atoms with Crippen molar-refractivity contribution in [2.75, 3.05) is 31.5 Å². The lowest BCUT2D eigenvalue weighted by Crippen LogP contribution is -2.57. The van der Waals surface area contributed by atoms with Crippen molar-refractivity contribution in [1.82, 2.24) is 25.8 Å². The predicted octanol–water partition coefficient (Wildman–Crippen LogP) is 1.32. The number of imide groups is 1. The number of primary amides is 1. The summed E-state index contributed by atoms with van der Waals surface area (Å²) in [7, 11) is 0. The number of anilines is 1. The third kappa shape index (κ3) is 12.3. The van der Waals surface area contributed by atoms with Crippen LogP contribution in [0.25, 0.3) is 0 Å². The zero-order valence-corrected chi connectivity index (χ0v) is 27.0. The number of aliphatic hydroxyl groups is 1. The molecular weight excluding hydrogens is 610 g/mol. The third-order valence-electron chi connectivity index (χ3n) is 7.93. The molecule has 7 amide bonds. The van der Waals surface area contributed by atoms with Crippen LogP contribution in [0.2, 0.25) is 0 Å². The smallest absolute Gasteiger partial charge is 0.410 e. The lowest BCUT2D eigenvalue weighted by molar-refractivity contribution is -0.137. The summed E-state index contributed by atoms with van der Waals surface area (Å²) in [6.07, 6.45) is 4.35. The normalized spacial score (nSPS) is 16.0. The van der Waals surface area contributed by atoms with Gasteiger partial charge in [-0.15, -0.1) is 0 Å². The molecule has 2 heterocycles. The largest absolute Gasteiger partial charge is 0.445 e. The molecule has 0 aliphatic carbocycles. The predicted molar refractivity (Wildman–Crippen MR) is 172 cm³/mol. The summed E-state index contributed by atoms with van der Waals surface area (Å²) in [5, 5.41) is 22.2. The van der Waals surface area contributed by atoms with Crippen LogP contribution in [0.4, 0.5) is 15.3 Å². The molecule has 1 aromatic carbocycles. The van der Waals surface area contributed by atoms with Crippen LogP contribution in [0.15, 0.2) is 36.4 Å². The number of benzene rings is 1. The molecule has 47 heavy (non-hydrogen) atoms. The van der Waals surface area contributed by atoms with E-state index < -0.39 is 30.2 Å². The Morgan fingerprint density at radius 3 is 2.26 bits per heavy atom. The highest BCUT2D eigenvalue weighted by atomic mass is 16.6. The van der Waals surface area contributed by atoms with Gasteiger partial charge in [0.2, 0.25) is 11.8 Å². The molecule has 0 radical (unpaired) electrons. The second-order valence-corrected chi connectivity index (χ2v) is 12.0. The Hall–Kier alpha value is -4.50. The molecule has 3 atom stereocenters. The Morgan fingerprint density at radius 1 is 0.979 bits per heavy atom. The van der Waals surface area contributed by atoms with Crippen LogP contribution in [-0.4, -0.2) is 95.2 Å². The van der Waals surface area contributed by atoms with E-state index in [1.165, 1.54) is 12.2 Å². The number of nitrogens with zero attached hydrogens (tertiary/aromatic N) is 2. The highest BCUT2D eigenvalue weighted by Crippen LogP contribution is 2.15. The summed E-state index contributed by atoms with van der Waals surface area (Å²) in [5.74, 6) is -1.56. The maximum absolute atomic E-state index is 13.3. The number of carbonyl (C=O) groups excluding carboxylic acids is 6. The fraction of sp³-hybridized carbons (Fsp3) is 0.562. The molecule has 258 valence electrons. The number of aliphatic hydroxyl groups excluding tert-OH is 1. The summed E-state index contributed by atoms with van der Waals surface area (Å²) < 4.78 is 5.30. The number of amides is 7. The molecular formula is C32H47N7O8. The van der Waals surface area contributed by atoms with Gasteiger partial charge in [0.1, 0.15) is 12.8 Å². The van der Waals surface area contributed by atoms with E-state index in [0.717, 1.165) is 16.9 Å². The number of hydrogen-bond donors (Lipinski definition) is 6. The zero-order chi connectivity index (χ0) is 34.3. The van der Waals surface area contributed by atoms with E-state index in [4.69, 9.17) is 10.5 Å². The van der Waals surface area contributed by atoms with Crippen LogP contribution in [0.3, 0.4) is 0 Å². The monoisotopic (exact) mass is 657 g/mol. The Labute approximate surface area is 274 Å². The second-order valence-electron chi connectivity index (χ2n) is 12.0. The van der Waals surface area contributed by atoms with Crippen LogP contribution < -0.4 is 27.0 Å². The molecule has 0 bridgehead atoms. The van der Waals surface area contributed by atoms with Crippen molar-refractivity contribution in [3.63, 3.8) is 0 Å². The molecule has 0 aromatic heterocycles. The first-order valence-electron chi connectivity index (χ1n) is 16.1. The average Bonchev–Trinajstić information content (AvgIpc) is 3.31. The SMILES string of the molecule is CC(C)[C@H](NC(=O)CCCCCN1C(=O)C=CC1=O)C(O)N[C@@H](CCCNC(N)=O)C(=O)Nc1ccc(COC(=O)N2CCC2)cc1. The quantitative estimate of drug-likeness (QED) is 0.0718. The van der Waals surface area contributed by atoms with Crippen molar-refractivity contribution in [1.29, 1.82) is 0 Å². The van der Waals surface area contributed by atoms with Gasteiger partial charge in [-0.05, 0) is 55.7 Å². The molecule has 0 saturated carbocycles. The highest BCUT2D eigenvalue weighted by Gasteiger charge is 2.29. The van der Waals surface area contributed by atoms with Crippen LogP contribution in [0, 0.1) is 5.92 Å². The lowest BCUT2D eigenvalue weighted by Gasteiger charge is -2.31. The van der Waals surface area contributed by atoms with Gasteiger partial charge in [0.15, 0.2) is 0 Å². The maximum atomic E-state index is 13.3. The number of ether oxygens (including phenoxy) is 1. The minimum Gasteiger partial charge on any atom is -0.445 e. The fourth-order valence-electron chi connectivity index (χ4n) is 5.02. The molecule has 15 nitrogen and oxygen atoms in total. The van der Waals surface area contributed by atoms with Gasteiger partial charge in [0, 0.05) is 50.4 Å². The number of carbonyl (C=O) groups is 6. The average molecular weight is 658 g/mol. The number of likely N-dealkylation sites (tertiary alicyclic amines) is 1. The van der Waals surface area contributed by atoms with E-state index in [1.807, 2.05) is 13.8 Å². The van der Waals surface area contributed by atoms with Gasteiger partial charge >= 0.3 is 12.1 Å². The topological polar surface area (TPSA) is 212 Å². The van der Waals surface area contributed by atoms with Gasteiger partial charge in [0.05, 0.1) is 12.1 Å². The molecule has 0 spiro atoms. The van der Waals surface area contributed by atoms with E-state index in [0.29, 0.717) is 51.0 Å².